The first kappa shape index (κ1) is 15.8. The van der Waals surface area contributed by atoms with E-state index in [4.69, 9.17) is 0 Å². The summed E-state index contributed by atoms with van der Waals surface area (Å²) in [5.74, 6) is -0.101. The minimum absolute atomic E-state index is 0.0245. The Balaban J connectivity index is 1.66. The van der Waals surface area contributed by atoms with E-state index >= 15 is 0 Å². The van der Waals surface area contributed by atoms with Crippen molar-refractivity contribution in [2.24, 2.45) is 0 Å². The summed E-state index contributed by atoms with van der Waals surface area (Å²) < 4.78 is 25.0. The van der Waals surface area contributed by atoms with E-state index < -0.39 is 9.84 Å². The Morgan fingerprint density at radius 3 is 2.72 bits per heavy atom. The first-order valence-electron chi connectivity index (χ1n) is 7.91. The van der Waals surface area contributed by atoms with Gasteiger partial charge in [-0.25, -0.2) is 13.4 Å². The molecule has 0 unspecified atom stereocenters. The number of rotatable bonds is 2. The zero-order chi connectivity index (χ0) is 17.4. The van der Waals surface area contributed by atoms with Gasteiger partial charge in [0.2, 0.25) is 0 Å². The predicted molar refractivity (Wildman–Crippen MR) is 93.0 cm³/mol. The van der Waals surface area contributed by atoms with Crippen LogP contribution in [-0.4, -0.2) is 58.2 Å². The lowest BCUT2D eigenvalue weighted by atomic mass is 10.1. The van der Waals surface area contributed by atoms with Crippen LogP contribution >= 0.6 is 0 Å². The number of imidazole rings is 1. The Kier molecular flexibility index (Phi) is 3.76. The molecule has 7 nitrogen and oxygen atoms in total. The Morgan fingerprint density at radius 2 is 1.92 bits per heavy atom. The fourth-order valence-corrected chi connectivity index (χ4v) is 4.18. The molecule has 1 aromatic carbocycles. The zero-order valence-electron chi connectivity index (χ0n) is 13.4. The molecular weight excluding hydrogens is 340 g/mol. The van der Waals surface area contributed by atoms with E-state index in [9.17, 15) is 13.2 Å². The van der Waals surface area contributed by atoms with Crippen LogP contribution in [-0.2, 0) is 9.84 Å². The van der Waals surface area contributed by atoms with Crippen molar-refractivity contribution in [3.63, 3.8) is 0 Å². The van der Waals surface area contributed by atoms with Crippen LogP contribution in [0, 0.1) is 0 Å². The number of amides is 1. The summed E-state index contributed by atoms with van der Waals surface area (Å²) in [6.07, 6.45) is 6.94. The summed E-state index contributed by atoms with van der Waals surface area (Å²) in [4.78, 5) is 22.7. The normalized spacial score (nSPS) is 16.9. The molecular formula is C17H16N4O3S. The minimum Gasteiger partial charge on any atom is -0.337 e. The Labute approximate surface area is 144 Å². The molecule has 0 radical (unpaired) electrons. The Hall–Kier alpha value is -2.74. The Bertz CT molecular complexity index is 1040. The molecule has 0 aliphatic carbocycles. The minimum atomic E-state index is -3.01. The van der Waals surface area contributed by atoms with Gasteiger partial charge >= 0.3 is 0 Å². The van der Waals surface area contributed by atoms with Crippen LogP contribution < -0.4 is 0 Å². The third kappa shape index (κ3) is 3.00. The quantitative estimate of drug-likeness (QED) is 0.690. The molecule has 8 heteroatoms. The van der Waals surface area contributed by atoms with Gasteiger partial charge in [-0.05, 0) is 12.1 Å². The first-order valence-corrected chi connectivity index (χ1v) is 9.73. The molecule has 1 amide bonds. The average Bonchev–Trinajstić information content (AvgIpc) is 3.10. The van der Waals surface area contributed by atoms with Crippen LogP contribution in [0.5, 0.6) is 0 Å². The molecule has 1 fully saturated rings. The van der Waals surface area contributed by atoms with E-state index in [0.717, 1.165) is 16.9 Å². The second-order valence-corrected chi connectivity index (χ2v) is 8.28. The lowest BCUT2D eigenvalue weighted by molar-refractivity contribution is 0.0770. The van der Waals surface area contributed by atoms with Gasteiger partial charge in [-0.3, -0.25) is 14.2 Å². The molecule has 1 saturated heterocycles. The molecule has 1 aliphatic rings. The number of aromatic nitrogens is 3. The fraction of sp³-hybridized carbons (Fsp3) is 0.235. The third-order valence-electron chi connectivity index (χ3n) is 4.35. The lowest BCUT2D eigenvalue weighted by Crippen LogP contribution is -2.43. The average molecular weight is 356 g/mol. The van der Waals surface area contributed by atoms with Crippen LogP contribution in [0.4, 0.5) is 0 Å². The van der Waals surface area contributed by atoms with Gasteiger partial charge in [-0.2, -0.15) is 0 Å². The van der Waals surface area contributed by atoms with E-state index in [0.29, 0.717) is 5.56 Å². The Morgan fingerprint density at radius 1 is 1.12 bits per heavy atom. The highest BCUT2D eigenvalue weighted by Gasteiger charge is 2.25. The summed E-state index contributed by atoms with van der Waals surface area (Å²) in [5, 5.41) is 0. The van der Waals surface area contributed by atoms with Crippen LogP contribution in [0.2, 0.25) is 0 Å². The van der Waals surface area contributed by atoms with Crippen LogP contribution in [0.3, 0.4) is 0 Å². The number of hydrogen-bond donors (Lipinski definition) is 0. The van der Waals surface area contributed by atoms with Crippen molar-refractivity contribution in [2.75, 3.05) is 24.6 Å². The molecule has 3 heterocycles. The summed E-state index contributed by atoms with van der Waals surface area (Å²) in [6, 6.07) is 7.28. The van der Waals surface area contributed by atoms with Gasteiger partial charge < -0.3 is 4.90 Å². The van der Waals surface area contributed by atoms with E-state index in [1.165, 1.54) is 0 Å². The second-order valence-electron chi connectivity index (χ2n) is 5.97. The molecule has 0 bridgehead atoms. The molecule has 128 valence electrons. The van der Waals surface area contributed by atoms with E-state index in [1.54, 1.807) is 29.6 Å². The molecule has 2 aromatic heterocycles. The zero-order valence-corrected chi connectivity index (χ0v) is 14.2. The highest BCUT2D eigenvalue weighted by molar-refractivity contribution is 7.91. The van der Waals surface area contributed by atoms with E-state index in [2.05, 4.69) is 9.97 Å². The van der Waals surface area contributed by atoms with Crippen LogP contribution in [0.15, 0.2) is 49.1 Å². The summed E-state index contributed by atoms with van der Waals surface area (Å²) >= 11 is 0. The van der Waals surface area contributed by atoms with Gasteiger partial charge in [-0.1, -0.05) is 12.1 Å². The van der Waals surface area contributed by atoms with E-state index in [1.807, 2.05) is 28.8 Å². The fourth-order valence-electron chi connectivity index (χ4n) is 2.97. The number of sulfone groups is 1. The second kappa shape index (κ2) is 5.96. The van der Waals surface area contributed by atoms with E-state index in [-0.39, 0.29) is 30.5 Å². The highest BCUT2D eigenvalue weighted by atomic mass is 32.2. The van der Waals surface area contributed by atoms with Crippen molar-refractivity contribution >= 4 is 21.4 Å². The molecule has 4 rings (SSSR count). The number of fused-ring (bicyclic) bond motifs is 1. The number of hydrogen-bond acceptors (Lipinski definition) is 5. The molecule has 0 atom stereocenters. The van der Waals surface area contributed by atoms with Crippen molar-refractivity contribution in [3.05, 3.63) is 54.6 Å². The number of nitrogens with zero attached hydrogens (tertiary/aromatic N) is 4. The monoisotopic (exact) mass is 356 g/mol. The molecule has 0 N–H and O–H groups in total. The first-order chi connectivity index (χ1) is 12.0. The van der Waals surface area contributed by atoms with Crippen LogP contribution in [0.25, 0.3) is 16.9 Å². The largest absolute Gasteiger partial charge is 0.337 e. The van der Waals surface area contributed by atoms with Gasteiger partial charge in [0.1, 0.15) is 0 Å². The molecule has 1 aliphatic heterocycles. The standard InChI is InChI=1S/C17H16N4O3S/c22-17(20-6-8-25(23,24)9-7-20)14-3-1-2-13(10-14)15-11-18-12-16-19-4-5-21(15)16/h1-5,10-12H,6-9H2. The van der Waals surface area contributed by atoms with Gasteiger partial charge in [0, 0.05) is 36.6 Å². The SMILES string of the molecule is O=C(c1cccc(-c2cncc3nccn23)c1)N1CCS(=O)(=O)CC1. The van der Waals surface area contributed by atoms with Crippen molar-refractivity contribution in [3.8, 4) is 11.3 Å². The summed E-state index contributed by atoms with van der Waals surface area (Å²) in [6.45, 7) is 0.480. The smallest absolute Gasteiger partial charge is 0.253 e. The number of carbonyl (C=O) groups excluding carboxylic acids is 1. The number of carbonyl (C=O) groups is 1. The molecule has 0 saturated carbocycles. The molecule has 3 aromatic rings. The van der Waals surface area contributed by atoms with Crippen molar-refractivity contribution < 1.29 is 13.2 Å². The maximum absolute atomic E-state index is 12.7. The van der Waals surface area contributed by atoms with Crippen LogP contribution in [0.1, 0.15) is 10.4 Å². The predicted octanol–water partition coefficient (Wildman–Crippen LogP) is 1.27. The molecule has 0 spiro atoms. The molecule has 25 heavy (non-hydrogen) atoms. The van der Waals surface area contributed by atoms with Gasteiger partial charge in [0.05, 0.1) is 29.6 Å². The van der Waals surface area contributed by atoms with Crippen molar-refractivity contribution in [1.29, 1.82) is 0 Å². The topological polar surface area (TPSA) is 84.6 Å². The number of benzene rings is 1. The maximum atomic E-state index is 12.7. The van der Waals surface area contributed by atoms with Gasteiger partial charge in [0.25, 0.3) is 5.91 Å². The maximum Gasteiger partial charge on any atom is 0.253 e. The van der Waals surface area contributed by atoms with Crippen molar-refractivity contribution in [1.82, 2.24) is 19.3 Å². The van der Waals surface area contributed by atoms with Gasteiger partial charge in [-0.15, -0.1) is 0 Å². The highest BCUT2D eigenvalue weighted by Crippen LogP contribution is 2.22. The van der Waals surface area contributed by atoms with Gasteiger partial charge in [0.15, 0.2) is 15.5 Å². The third-order valence-corrected chi connectivity index (χ3v) is 5.96. The lowest BCUT2D eigenvalue weighted by Gasteiger charge is -2.26. The van der Waals surface area contributed by atoms with Crippen molar-refractivity contribution in [2.45, 2.75) is 0 Å². The summed E-state index contributed by atoms with van der Waals surface area (Å²) in [7, 11) is -3.01. The summed E-state index contributed by atoms with van der Waals surface area (Å²) in [5.41, 5.74) is 2.96.